The molecule has 0 spiro atoms. The highest BCUT2D eigenvalue weighted by Gasteiger charge is 2.21. The van der Waals surface area contributed by atoms with E-state index in [-0.39, 0.29) is 0 Å². The number of rotatable bonds is 6. The summed E-state index contributed by atoms with van der Waals surface area (Å²) in [6.45, 7) is 6.91. The summed E-state index contributed by atoms with van der Waals surface area (Å²) in [7, 11) is 0. The Labute approximate surface area is 108 Å². The minimum atomic E-state index is 0.421. The quantitative estimate of drug-likeness (QED) is 0.785. The summed E-state index contributed by atoms with van der Waals surface area (Å²) in [6.07, 6.45) is 3.91. The van der Waals surface area contributed by atoms with Crippen LogP contribution in [0, 0.1) is 0 Å². The van der Waals surface area contributed by atoms with Crippen LogP contribution in [0.2, 0.25) is 0 Å². The standard InChI is InChI=1S/C13H23N3O2/c1-10(2)14-7-3-4-12-15-13(16-18-12)11-5-8-17-9-6-11/h10-11,14H,3-9H2,1-2H3. The van der Waals surface area contributed by atoms with Gasteiger partial charge in [-0.3, -0.25) is 0 Å². The van der Waals surface area contributed by atoms with Gasteiger partial charge in [-0.1, -0.05) is 19.0 Å². The Morgan fingerprint density at radius 1 is 1.33 bits per heavy atom. The third-order valence-corrected chi connectivity index (χ3v) is 3.19. The molecule has 0 aliphatic carbocycles. The molecule has 0 amide bonds. The van der Waals surface area contributed by atoms with Gasteiger partial charge in [-0.25, -0.2) is 0 Å². The highest BCUT2D eigenvalue weighted by Crippen LogP contribution is 2.24. The highest BCUT2D eigenvalue weighted by molar-refractivity contribution is 4.96. The highest BCUT2D eigenvalue weighted by atomic mass is 16.5. The molecular weight excluding hydrogens is 230 g/mol. The molecule has 5 heteroatoms. The van der Waals surface area contributed by atoms with E-state index in [2.05, 4.69) is 29.3 Å². The van der Waals surface area contributed by atoms with Crippen LogP contribution in [-0.4, -0.2) is 35.9 Å². The van der Waals surface area contributed by atoms with Gasteiger partial charge < -0.3 is 14.6 Å². The van der Waals surface area contributed by atoms with Gasteiger partial charge in [0.1, 0.15) is 0 Å². The van der Waals surface area contributed by atoms with E-state index in [1.54, 1.807) is 0 Å². The number of nitrogens with zero attached hydrogens (tertiary/aromatic N) is 2. The second kappa shape index (κ2) is 6.85. The fraction of sp³-hybridized carbons (Fsp3) is 0.846. The van der Waals surface area contributed by atoms with Gasteiger partial charge in [-0.2, -0.15) is 4.98 Å². The minimum Gasteiger partial charge on any atom is -0.381 e. The summed E-state index contributed by atoms with van der Waals surface area (Å²) in [5.74, 6) is 2.05. The average molecular weight is 253 g/mol. The number of aromatic nitrogens is 2. The van der Waals surface area contributed by atoms with Crippen molar-refractivity contribution in [3.8, 4) is 0 Å². The maximum atomic E-state index is 5.34. The molecule has 2 rings (SSSR count). The maximum absolute atomic E-state index is 5.34. The molecule has 1 fully saturated rings. The Morgan fingerprint density at radius 3 is 2.83 bits per heavy atom. The molecule has 0 radical (unpaired) electrons. The summed E-state index contributed by atoms with van der Waals surface area (Å²) >= 11 is 0. The molecule has 1 aromatic rings. The van der Waals surface area contributed by atoms with Gasteiger partial charge in [0.2, 0.25) is 5.89 Å². The van der Waals surface area contributed by atoms with Crippen LogP contribution in [0.15, 0.2) is 4.52 Å². The van der Waals surface area contributed by atoms with Crippen molar-refractivity contribution in [3.63, 3.8) is 0 Å². The number of aryl methyl sites for hydroxylation is 1. The van der Waals surface area contributed by atoms with Gasteiger partial charge >= 0.3 is 0 Å². The van der Waals surface area contributed by atoms with Gasteiger partial charge in [-0.05, 0) is 25.8 Å². The molecule has 0 unspecified atom stereocenters. The lowest BCUT2D eigenvalue weighted by molar-refractivity contribution is 0.0830. The Hall–Kier alpha value is -0.940. The van der Waals surface area contributed by atoms with Crippen molar-refractivity contribution in [3.05, 3.63) is 11.7 Å². The minimum absolute atomic E-state index is 0.421. The lowest BCUT2D eigenvalue weighted by Gasteiger charge is -2.18. The Morgan fingerprint density at radius 2 is 2.11 bits per heavy atom. The largest absolute Gasteiger partial charge is 0.381 e. The first-order valence-corrected chi connectivity index (χ1v) is 6.89. The first-order valence-electron chi connectivity index (χ1n) is 6.89. The summed E-state index contributed by atoms with van der Waals surface area (Å²) < 4.78 is 10.6. The molecule has 0 bridgehead atoms. The van der Waals surface area contributed by atoms with Crippen LogP contribution >= 0.6 is 0 Å². The van der Waals surface area contributed by atoms with Crippen LogP contribution in [0.4, 0.5) is 0 Å². The molecule has 1 N–H and O–H groups in total. The van der Waals surface area contributed by atoms with Gasteiger partial charge in [0, 0.05) is 31.6 Å². The number of nitrogens with one attached hydrogen (secondary N) is 1. The van der Waals surface area contributed by atoms with Crippen LogP contribution < -0.4 is 5.32 Å². The summed E-state index contributed by atoms with van der Waals surface area (Å²) in [4.78, 5) is 4.49. The predicted octanol–water partition coefficient (Wildman–Crippen LogP) is 1.89. The zero-order valence-corrected chi connectivity index (χ0v) is 11.3. The second-order valence-corrected chi connectivity index (χ2v) is 5.15. The van der Waals surface area contributed by atoms with Gasteiger partial charge in [-0.15, -0.1) is 0 Å². The Balaban J connectivity index is 1.75. The zero-order chi connectivity index (χ0) is 12.8. The Bertz CT molecular complexity index is 346. The van der Waals surface area contributed by atoms with Crippen molar-refractivity contribution < 1.29 is 9.26 Å². The first-order chi connectivity index (χ1) is 8.75. The topological polar surface area (TPSA) is 60.2 Å². The normalized spacial score (nSPS) is 17.5. The van der Waals surface area contributed by atoms with Crippen molar-refractivity contribution in [2.45, 2.75) is 51.5 Å². The van der Waals surface area contributed by atoms with E-state index in [4.69, 9.17) is 9.26 Å². The molecule has 2 heterocycles. The van der Waals surface area contributed by atoms with Crippen molar-refractivity contribution in [2.24, 2.45) is 0 Å². The third kappa shape index (κ3) is 4.07. The first kappa shape index (κ1) is 13.5. The van der Waals surface area contributed by atoms with Crippen molar-refractivity contribution in [2.75, 3.05) is 19.8 Å². The molecular formula is C13H23N3O2. The summed E-state index contributed by atoms with van der Waals surface area (Å²) in [6, 6.07) is 0.533. The van der Waals surface area contributed by atoms with Crippen LogP contribution in [0.25, 0.3) is 0 Å². The molecule has 5 nitrogen and oxygen atoms in total. The number of hydrogen-bond donors (Lipinski definition) is 1. The van der Waals surface area contributed by atoms with E-state index in [0.717, 1.165) is 57.2 Å². The fourth-order valence-corrected chi connectivity index (χ4v) is 2.12. The lowest BCUT2D eigenvalue weighted by atomic mass is 10.00. The molecule has 1 aliphatic rings. The van der Waals surface area contributed by atoms with Crippen molar-refractivity contribution in [1.82, 2.24) is 15.5 Å². The average Bonchev–Trinajstić information content (AvgIpc) is 2.84. The molecule has 18 heavy (non-hydrogen) atoms. The smallest absolute Gasteiger partial charge is 0.226 e. The van der Waals surface area contributed by atoms with E-state index in [9.17, 15) is 0 Å². The molecule has 0 atom stereocenters. The summed E-state index contributed by atoms with van der Waals surface area (Å²) in [5, 5.41) is 7.47. The van der Waals surface area contributed by atoms with Crippen LogP contribution in [0.1, 0.15) is 50.7 Å². The second-order valence-electron chi connectivity index (χ2n) is 5.15. The van der Waals surface area contributed by atoms with E-state index < -0.39 is 0 Å². The maximum Gasteiger partial charge on any atom is 0.226 e. The van der Waals surface area contributed by atoms with Crippen LogP contribution in [-0.2, 0) is 11.2 Å². The SMILES string of the molecule is CC(C)NCCCc1nc(C2CCOCC2)no1. The summed E-state index contributed by atoms with van der Waals surface area (Å²) in [5.41, 5.74) is 0. The van der Waals surface area contributed by atoms with Gasteiger partial charge in [0.05, 0.1) is 0 Å². The number of ether oxygens (including phenoxy) is 1. The van der Waals surface area contributed by atoms with Crippen molar-refractivity contribution in [1.29, 1.82) is 0 Å². The molecule has 1 saturated heterocycles. The van der Waals surface area contributed by atoms with E-state index in [1.165, 1.54) is 0 Å². The molecule has 0 saturated carbocycles. The van der Waals surface area contributed by atoms with Gasteiger partial charge in [0.15, 0.2) is 5.82 Å². The molecule has 0 aromatic carbocycles. The lowest BCUT2D eigenvalue weighted by Crippen LogP contribution is -2.23. The van der Waals surface area contributed by atoms with E-state index in [1.807, 2.05) is 0 Å². The molecule has 1 aromatic heterocycles. The third-order valence-electron chi connectivity index (χ3n) is 3.19. The van der Waals surface area contributed by atoms with Crippen molar-refractivity contribution >= 4 is 0 Å². The Kier molecular flexibility index (Phi) is 5.13. The zero-order valence-electron chi connectivity index (χ0n) is 11.3. The van der Waals surface area contributed by atoms with E-state index >= 15 is 0 Å². The molecule has 102 valence electrons. The number of hydrogen-bond acceptors (Lipinski definition) is 5. The van der Waals surface area contributed by atoms with Crippen LogP contribution in [0.5, 0.6) is 0 Å². The molecule has 1 aliphatic heterocycles. The fourth-order valence-electron chi connectivity index (χ4n) is 2.12. The predicted molar refractivity (Wildman–Crippen MR) is 68.6 cm³/mol. The van der Waals surface area contributed by atoms with Gasteiger partial charge in [0.25, 0.3) is 0 Å². The van der Waals surface area contributed by atoms with E-state index in [0.29, 0.717) is 12.0 Å². The van der Waals surface area contributed by atoms with Crippen LogP contribution in [0.3, 0.4) is 0 Å². The monoisotopic (exact) mass is 253 g/mol.